The third-order valence-corrected chi connectivity index (χ3v) is 10.6. The Morgan fingerprint density at radius 3 is 1.45 bits per heavy atom. The van der Waals surface area contributed by atoms with Crippen LogP contribution >= 0.6 is 0 Å². The molecule has 2 heterocycles. The van der Waals surface area contributed by atoms with Crippen LogP contribution in [0.1, 0.15) is 22.3 Å². The van der Waals surface area contributed by atoms with E-state index in [-0.39, 0.29) is 0 Å². The lowest BCUT2D eigenvalue weighted by Crippen LogP contribution is -2.11. The number of hydrogen-bond acceptors (Lipinski definition) is 4. The van der Waals surface area contributed by atoms with Crippen molar-refractivity contribution in [3.05, 3.63) is 186 Å². The summed E-state index contributed by atoms with van der Waals surface area (Å²) < 4.78 is 4.56. The van der Waals surface area contributed by atoms with Crippen molar-refractivity contribution in [3.8, 4) is 34.2 Å². The second-order valence-corrected chi connectivity index (χ2v) is 13.9. The number of aliphatic imine (C=N–C) groups is 1. The number of fused-ring (bicyclic) bond motifs is 2. The van der Waals surface area contributed by atoms with Gasteiger partial charge in [-0.2, -0.15) is 0 Å². The number of anilines is 2. The molecule has 0 bridgehead atoms. The molecule has 0 atom stereocenters. The van der Waals surface area contributed by atoms with Gasteiger partial charge in [-0.3, -0.25) is 14.1 Å². The van der Waals surface area contributed by atoms with Crippen LogP contribution in [-0.2, 0) is 0 Å². The van der Waals surface area contributed by atoms with E-state index in [0.29, 0.717) is 0 Å². The second kappa shape index (κ2) is 14.1. The largest absolute Gasteiger partial charge is 0.344 e. The highest BCUT2D eigenvalue weighted by molar-refractivity contribution is 5.96. The molecule has 0 aliphatic heterocycles. The van der Waals surface area contributed by atoms with E-state index >= 15 is 0 Å². The van der Waals surface area contributed by atoms with Crippen LogP contribution in [0.4, 0.5) is 17.1 Å². The number of nitrogens with zero attached hydrogens (tertiary/aromatic N) is 6. The summed E-state index contributed by atoms with van der Waals surface area (Å²) in [5.41, 5.74) is 15.4. The van der Waals surface area contributed by atoms with E-state index < -0.39 is 0 Å². The van der Waals surface area contributed by atoms with Crippen LogP contribution < -0.4 is 4.90 Å². The van der Waals surface area contributed by atoms with Crippen LogP contribution in [0.25, 0.3) is 56.2 Å². The maximum Gasteiger partial charge on any atom is 0.146 e. The van der Waals surface area contributed by atoms with E-state index in [0.717, 1.165) is 95.5 Å². The minimum Gasteiger partial charge on any atom is -0.344 e. The summed E-state index contributed by atoms with van der Waals surface area (Å²) in [5.74, 6) is 1.73. The number of aromatic nitrogens is 4. The van der Waals surface area contributed by atoms with E-state index in [1.165, 1.54) is 0 Å². The summed E-state index contributed by atoms with van der Waals surface area (Å²) in [6, 6.07) is 56.6. The lowest BCUT2D eigenvalue weighted by atomic mass is 9.90. The predicted molar refractivity (Wildman–Crippen MR) is 229 cm³/mol. The van der Waals surface area contributed by atoms with E-state index in [4.69, 9.17) is 15.0 Å². The molecule has 9 rings (SSSR count). The molecule has 0 amide bonds. The van der Waals surface area contributed by atoms with Crippen molar-refractivity contribution in [2.45, 2.75) is 20.8 Å². The van der Waals surface area contributed by atoms with Crippen LogP contribution in [0.3, 0.4) is 0 Å². The topological polar surface area (TPSA) is 51.2 Å². The van der Waals surface area contributed by atoms with E-state index in [9.17, 15) is 0 Å². The van der Waals surface area contributed by atoms with Crippen molar-refractivity contribution < 1.29 is 0 Å². The lowest BCUT2D eigenvalue weighted by molar-refractivity contribution is 1.07. The van der Waals surface area contributed by atoms with Crippen LogP contribution in [0.2, 0.25) is 0 Å². The zero-order valence-electron chi connectivity index (χ0n) is 31.3. The van der Waals surface area contributed by atoms with Gasteiger partial charge in [0, 0.05) is 52.7 Å². The molecular formula is C49H40N6. The summed E-state index contributed by atoms with van der Waals surface area (Å²) in [6.07, 6.45) is 2.01. The Morgan fingerprint density at radius 1 is 0.491 bits per heavy atom. The Hall–Kier alpha value is -7.05. The fraction of sp³-hybridized carbons (Fsp3) is 0.0816. The van der Waals surface area contributed by atoms with Gasteiger partial charge in [-0.25, -0.2) is 9.97 Å². The zero-order chi connectivity index (χ0) is 37.5. The molecule has 9 aromatic rings. The summed E-state index contributed by atoms with van der Waals surface area (Å²) >= 11 is 0. The molecular weight excluding hydrogens is 673 g/mol. The zero-order valence-corrected chi connectivity index (χ0v) is 31.3. The highest BCUT2D eigenvalue weighted by Gasteiger charge is 2.27. The fourth-order valence-electron chi connectivity index (χ4n) is 7.96. The quantitative estimate of drug-likeness (QED) is 0.147. The fourth-order valence-corrected chi connectivity index (χ4v) is 7.96. The predicted octanol–water partition coefficient (Wildman–Crippen LogP) is 12.1. The Bertz CT molecular complexity index is 2710. The van der Waals surface area contributed by atoms with Gasteiger partial charge >= 0.3 is 0 Å². The van der Waals surface area contributed by atoms with Gasteiger partial charge in [-0.05, 0) is 104 Å². The summed E-state index contributed by atoms with van der Waals surface area (Å²) in [4.78, 5) is 18.4. The van der Waals surface area contributed by atoms with Gasteiger partial charge in [-0.15, -0.1) is 0 Å². The molecule has 266 valence electrons. The lowest BCUT2D eigenvalue weighted by Gasteiger charge is -2.23. The van der Waals surface area contributed by atoms with Gasteiger partial charge in [0.05, 0.1) is 27.8 Å². The Kier molecular flexibility index (Phi) is 8.63. The number of para-hydroxylation sites is 8. The molecule has 0 saturated carbocycles. The van der Waals surface area contributed by atoms with Crippen molar-refractivity contribution in [1.82, 2.24) is 19.1 Å². The van der Waals surface area contributed by atoms with Gasteiger partial charge in [-0.1, -0.05) is 97.1 Å². The normalized spacial score (nSPS) is 11.6. The molecule has 0 aliphatic carbocycles. The Labute approximate surface area is 321 Å². The van der Waals surface area contributed by atoms with Crippen LogP contribution in [0.5, 0.6) is 0 Å². The monoisotopic (exact) mass is 712 g/mol. The molecule has 0 aliphatic rings. The van der Waals surface area contributed by atoms with Gasteiger partial charge in [0.15, 0.2) is 0 Å². The van der Waals surface area contributed by atoms with E-state index in [1.807, 2.05) is 12.3 Å². The molecule has 6 nitrogen and oxygen atoms in total. The number of benzene rings is 7. The molecule has 0 fully saturated rings. The summed E-state index contributed by atoms with van der Waals surface area (Å²) in [6.45, 7) is 6.58. The molecule has 0 N–H and O–H groups in total. The Balaban J connectivity index is 1.34. The van der Waals surface area contributed by atoms with Crippen molar-refractivity contribution in [3.63, 3.8) is 0 Å². The van der Waals surface area contributed by atoms with Crippen LogP contribution in [0, 0.1) is 20.8 Å². The maximum absolute atomic E-state index is 5.41. The van der Waals surface area contributed by atoms with E-state index in [1.54, 1.807) is 0 Å². The first-order chi connectivity index (χ1) is 27.0. The van der Waals surface area contributed by atoms with Gasteiger partial charge in [0.25, 0.3) is 0 Å². The average molecular weight is 713 g/mol. The first-order valence-corrected chi connectivity index (χ1v) is 18.6. The third kappa shape index (κ3) is 5.89. The van der Waals surface area contributed by atoms with E-state index in [2.05, 4.69) is 200 Å². The molecule has 0 spiro atoms. The highest BCUT2D eigenvalue weighted by atomic mass is 15.1. The van der Waals surface area contributed by atoms with Gasteiger partial charge in [0.2, 0.25) is 0 Å². The third-order valence-electron chi connectivity index (χ3n) is 10.6. The van der Waals surface area contributed by atoms with Crippen LogP contribution in [-0.4, -0.2) is 32.4 Å². The maximum atomic E-state index is 5.41. The molecule has 2 aromatic heterocycles. The smallest absolute Gasteiger partial charge is 0.146 e. The van der Waals surface area contributed by atoms with Crippen molar-refractivity contribution in [2.75, 3.05) is 11.9 Å². The molecule has 7 aromatic carbocycles. The standard InChI is InChI=1S/C49H40N6/c1-33-45(48-51-40-27-15-18-30-43(40)54(48)38-23-10-6-11-24-38)34(2)47(50-32-36-20-14-17-29-42(36)53(4)37-21-8-5-9-22-37)35(3)46(33)49-52-41-28-16-19-31-44(41)55(49)39-25-12-7-13-26-39/h5-32H,1-4H3. The summed E-state index contributed by atoms with van der Waals surface area (Å²) in [5, 5.41) is 0. The minimum atomic E-state index is 0.867. The molecule has 0 radical (unpaired) electrons. The molecule has 55 heavy (non-hydrogen) atoms. The number of rotatable bonds is 8. The van der Waals surface area contributed by atoms with Gasteiger partial charge in [0.1, 0.15) is 11.6 Å². The molecule has 6 heteroatoms. The minimum absolute atomic E-state index is 0.867. The van der Waals surface area contributed by atoms with Gasteiger partial charge < -0.3 is 4.90 Å². The number of hydrogen-bond donors (Lipinski definition) is 0. The first-order valence-electron chi connectivity index (χ1n) is 18.6. The first kappa shape index (κ1) is 33.8. The SMILES string of the molecule is Cc1c(N=Cc2ccccc2N(C)c2ccccc2)c(C)c(-c2nc3ccccc3n2-c2ccccc2)c(C)c1-c1nc2ccccc2n1-c1ccccc1. The summed E-state index contributed by atoms with van der Waals surface area (Å²) in [7, 11) is 2.10. The van der Waals surface area contributed by atoms with Crippen LogP contribution in [0.15, 0.2) is 169 Å². The molecule has 0 unspecified atom stereocenters. The average Bonchev–Trinajstić information content (AvgIpc) is 3.80. The highest BCUT2D eigenvalue weighted by Crippen LogP contribution is 2.45. The second-order valence-electron chi connectivity index (χ2n) is 13.9. The molecule has 0 saturated heterocycles. The van der Waals surface area contributed by atoms with Crippen molar-refractivity contribution >= 4 is 45.3 Å². The Morgan fingerprint density at radius 2 is 0.927 bits per heavy atom. The van der Waals surface area contributed by atoms with Crippen molar-refractivity contribution in [1.29, 1.82) is 0 Å². The van der Waals surface area contributed by atoms with Crippen molar-refractivity contribution in [2.24, 2.45) is 4.99 Å². The number of imidazole rings is 2.